The normalized spacial score (nSPS) is 18.3. The summed E-state index contributed by atoms with van der Waals surface area (Å²) in [7, 11) is 0. The molecule has 1 unspecified atom stereocenters. The third kappa shape index (κ3) is 5.85. The van der Waals surface area contributed by atoms with Crippen molar-refractivity contribution >= 4 is 23.0 Å². The maximum absolute atomic E-state index is 12.5. The maximum Gasteiger partial charge on any atom is 0.410 e. The van der Waals surface area contributed by atoms with E-state index in [1.54, 1.807) is 24.2 Å². The number of likely N-dealkylation sites (tertiary alicyclic amines) is 1. The number of morpholine rings is 1. The fraction of sp³-hybridized carbons (Fsp3) is 0.464. The number of aromatic nitrogens is 3. The van der Waals surface area contributed by atoms with Gasteiger partial charge in [0.2, 0.25) is 11.8 Å². The predicted octanol–water partition coefficient (Wildman–Crippen LogP) is 3.65. The highest BCUT2D eigenvalue weighted by Gasteiger charge is 2.30. The van der Waals surface area contributed by atoms with E-state index in [1.807, 2.05) is 43.9 Å². The van der Waals surface area contributed by atoms with Gasteiger partial charge in [-0.2, -0.15) is 0 Å². The molecule has 10 nitrogen and oxygen atoms in total. The van der Waals surface area contributed by atoms with Crippen LogP contribution in [0.15, 0.2) is 42.7 Å². The number of carbonyl (C=O) groups is 2. The van der Waals surface area contributed by atoms with Crippen LogP contribution in [0.4, 0.5) is 4.79 Å². The van der Waals surface area contributed by atoms with E-state index in [9.17, 15) is 9.59 Å². The van der Waals surface area contributed by atoms with E-state index < -0.39 is 5.60 Å². The Bertz CT molecular complexity index is 1320. The molecule has 1 atom stereocenters. The molecule has 5 rings (SSSR count). The van der Waals surface area contributed by atoms with Gasteiger partial charge in [-0.15, -0.1) is 0 Å². The van der Waals surface area contributed by atoms with Crippen molar-refractivity contribution in [1.82, 2.24) is 24.8 Å². The number of ether oxygens (including phenoxy) is 3. The molecule has 2 fully saturated rings. The molecular weight excluding hydrogens is 486 g/mol. The average molecular weight is 520 g/mol. The van der Waals surface area contributed by atoms with E-state index >= 15 is 0 Å². The van der Waals surface area contributed by atoms with Crippen LogP contribution in [0.5, 0.6) is 5.88 Å². The molecule has 1 aromatic carbocycles. The molecule has 200 valence electrons. The molecule has 2 amide bonds. The third-order valence-corrected chi connectivity index (χ3v) is 6.63. The van der Waals surface area contributed by atoms with Crippen LogP contribution in [0.25, 0.3) is 22.3 Å². The smallest absolute Gasteiger partial charge is 0.410 e. The summed E-state index contributed by atoms with van der Waals surface area (Å²) >= 11 is 0. The Morgan fingerprint density at radius 1 is 1.05 bits per heavy atom. The van der Waals surface area contributed by atoms with Gasteiger partial charge in [0.25, 0.3) is 0 Å². The highest BCUT2D eigenvalue weighted by molar-refractivity contribution is 5.83. The van der Waals surface area contributed by atoms with Gasteiger partial charge in [-0.25, -0.2) is 14.8 Å². The first-order chi connectivity index (χ1) is 18.2. The molecule has 0 N–H and O–H groups in total. The van der Waals surface area contributed by atoms with Gasteiger partial charge in [0.15, 0.2) is 5.52 Å². The number of pyridine rings is 1. The molecule has 0 bridgehead atoms. The number of benzene rings is 1. The largest absolute Gasteiger partial charge is 0.473 e. The second-order valence-corrected chi connectivity index (χ2v) is 10.7. The standard InChI is InChI=1S/C28H33N5O5/c1-18(34)33-14-21(15-33)19-5-7-20(8-6-19)23-13-24-25(30-10-9-29-24)26(31-23)37-17-22-16-32(11-12-36-22)27(35)38-28(2,3)4/h5-10,13,21-22H,11-12,14-17H2,1-4H3. The highest BCUT2D eigenvalue weighted by atomic mass is 16.6. The number of hydrogen-bond acceptors (Lipinski definition) is 8. The van der Waals surface area contributed by atoms with E-state index in [2.05, 4.69) is 22.1 Å². The molecule has 0 radical (unpaired) electrons. The topological polar surface area (TPSA) is 107 Å². The van der Waals surface area contributed by atoms with Crippen LogP contribution in [-0.4, -0.2) is 87.8 Å². The van der Waals surface area contributed by atoms with Crippen molar-refractivity contribution in [2.45, 2.75) is 45.3 Å². The molecule has 2 aromatic heterocycles. The molecule has 2 aliphatic heterocycles. The maximum atomic E-state index is 12.5. The van der Waals surface area contributed by atoms with Crippen molar-refractivity contribution in [1.29, 1.82) is 0 Å². The average Bonchev–Trinajstić information content (AvgIpc) is 2.85. The van der Waals surface area contributed by atoms with Crippen molar-refractivity contribution in [3.05, 3.63) is 48.3 Å². The zero-order valence-corrected chi connectivity index (χ0v) is 22.2. The first-order valence-electron chi connectivity index (χ1n) is 12.9. The predicted molar refractivity (Wildman–Crippen MR) is 141 cm³/mol. The zero-order valence-electron chi connectivity index (χ0n) is 22.2. The lowest BCUT2D eigenvalue weighted by atomic mass is 9.90. The molecular formula is C28H33N5O5. The zero-order chi connectivity index (χ0) is 26.9. The number of amides is 2. The molecule has 38 heavy (non-hydrogen) atoms. The lowest BCUT2D eigenvalue weighted by Crippen LogP contribution is -2.49. The van der Waals surface area contributed by atoms with Crippen molar-refractivity contribution in [2.75, 3.05) is 39.4 Å². The van der Waals surface area contributed by atoms with Gasteiger partial charge in [0.05, 0.1) is 24.4 Å². The molecule has 4 heterocycles. The second-order valence-electron chi connectivity index (χ2n) is 10.7. The molecule has 0 spiro atoms. The van der Waals surface area contributed by atoms with Crippen LogP contribution >= 0.6 is 0 Å². The Hall–Kier alpha value is -3.79. The minimum absolute atomic E-state index is 0.114. The quantitative estimate of drug-likeness (QED) is 0.503. The number of nitrogens with zero attached hydrogens (tertiary/aromatic N) is 5. The summed E-state index contributed by atoms with van der Waals surface area (Å²) in [5.41, 5.74) is 3.53. The highest BCUT2D eigenvalue weighted by Crippen LogP contribution is 2.31. The molecule has 3 aromatic rings. The van der Waals surface area contributed by atoms with Crippen LogP contribution in [0.2, 0.25) is 0 Å². The number of carbonyl (C=O) groups excluding carboxylic acids is 2. The summed E-state index contributed by atoms with van der Waals surface area (Å²) in [5.74, 6) is 0.838. The third-order valence-electron chi connectivity index (χ3n) is 6.63. The summed E-state index contributed by atoms with van der Waals surface area (Å²) in [5, 5.41) is 0. The summed E-state index contributed by atoms with van der Waals surface area (Å²) in [6.07, 6.45) is 2.56. The van der Waals surface area contributed by atoms with Gasteiger partial charge in [-0.1, -0.05) is 24.3 Å². The van der Waals surface area contributed by atoms with Gasteiger partial charge in [-0.05, 0) is 32.4 Å². The van der Waals surface area contributed by atoms with Crippen molar-refractivity contribution in [2.24, 2.45) is 0 Å². The Kier molecular flexibility index (Phi) is 7.16. The summed E-state index contributed by atoms with van der Waals surface area (Å²) in [6, 6.07) is 10.1. The Balaban J connectivity index is 1.30. The second kappa shape index (κ2) is 10.5. The van der Waals surface area contributed by atoms with Crippen LogP contribution in [0, 0.1) is 0 Å². The van der Waals surface area contributed by atoms with Crippen molar-refractivity contribution < 1.29 is 23.8 Å². The molecule has 0 aliphatic carbocycles. The van der Waals surface area contributed by atoms with Gasteiger partial charge >= 0.3 is 6.09 Å². The summed E-state index contributed by atoms with van der Waals surface area (Å²) in [4.78, 5) is 41.1. The molecule has 2 aliphatic rings. The van der Waals surface area contributed by atoms with Gasteiger partial charge in [0, 0.05) is 50.4 Å². The van der Waals surface area contributed by atoms with Gasteiger partial charge in [-0.3, -0.25) is 9.78 Å². The van der Waals surface area contributed by atoms with Crippen LogP contribution in [0.1, 0.15) is 39.2 Å². The summed E-state index contributed by atoms with van der Waals surface area (Å²) < 4.78 is 17.5. The summed E-state index contributed by atoms with van der Waals surface area (Å²) in [6.45, 7) is 10.1. The van der Waals surface area contributed by atoms with Crippen molar-refractivity contribution in [3.8, 4) is 17.1 Å². The fourth-order valence-corrected chi connectivity index (χ4v) is 4.55. The van der Waals surface area contributed by atoms with Crippen LogP contribution in [-0.2, 0) is 14.3 Å². The van der Waals surface area contributed by atoms with Crippen LogP contribution in [0.3, 0.4) is 0 Å². The van der Waals surface area contributed by atoms with E-state index in [1.165, 1.54) is 5.56 Å². The SMILES string of the molecule is CC(=O)N1CC(c2ccc(-c3cc4nccnc4c(OCC4CN(C(=O)OC(C)(C)C)CCO4)n3)cc2)C1. The lowest BCUT2D eigenvalue weighted by Gasteiger charge is -2.39. The van der Waals surface area contributed by atoms with Crippen LogP contribution < -0.4 is 4.74 Å². The van der Waals surface area contributed by atoms with E-state index in [0.29, 0.717) is 42.5 Å². The first-order valence-corrected chi connectivity index (χ1v) is 12.9. The molecule has 2 saturated heterocycles. The monoisotopic (exact) mass is 519 g/mol. The molecule has 10 heteroatoms. The van der Waals surface area contributed by atoms with Crippen molar-refractivity contribution in [3.63, 3.8) is 0 Å². The number of fused-ring (bicyclic) bond motifs is 1. The van der Waals surface area contributed by atoms with E-state index in [0.717, 1.165) is 24.3 Å². The number of rotatable bonds is 5. The van der Waals surface area contributed by atoms with E-state index in [-0.39, 0.29) is 24.7 Å². The molecule has 0 saturated carbocycles. The Morgan fingerprint density at radius 3 is 2.50 bits per heavy atom. The van der Waals surface area contributed by atoms with Gasteiger partial charge < -0.3 is 24.0 Å². The minimum atomic E-state index is -0.561. The first kappa shape index (κ1) is 25.8. The minimum Gasteiger partial charge on any atom is -0.473 e. The van der Waals surface area contributed by atoms with Gasteiger partial charge in [0.1, 0.15) is 18.3 Å². The fourth-order valence-electron chi connectivity index (χ4n) is 4.55. The lowest BCUT2D eigenvalue weighted by molar-refractivity contribution is -0.133. The Morgan fingerprint density at radius 2 is 1.79 bits per heavy atom. The Labute approximate surface area is 221 Å². The van der Waals surface area contributed by atoms with E-state index in [4.69, 9.17) is 19.2 Å². The number of hydrogen-bond donors (Lipinski definition) is 0.